The van der Waals surface area contributed by atoms with Gasteiger partial charge in [0.25, 0.3) is 0 Å². The van der Waals surface area contributed by atoms with Crippen molar-refractivity contribution in [2.45, 2.75) is 33.3 Å². The summed E-state index contributed by atoms with van der Waals surface area (Å²) in [6.07, 6.45) is 2.21. The van der Waals surface area contributed by atoms with Crippen LogP contribution in [-0.2, 0) is 9.53 Å². The van der Waals surface area contributed by atoms with E-state index in [0.717, 1.165) is 19.3 Å². The Hall–Kier alpha value is -0.370. The highest BCUT2D eigenvalue weighted by atomic mass is 16.5. The van der Waals surface area contributed by atoms with Gasteiger partial charge in [-0.3, -0.25) is 0 Å². The highest BCUT2D eigenvalue weighted by Crippen LogP contribution is 2.33. The molecule has 0 bridgehead atoms. The van der Waals surface area contributed by atoms with Crippen LogP contribution in [0.3, 0.4) is 0 Å². The van der Waals surface area contributed by atoms with Gasteiger partial charge in [-0.25, -0.2) is 0 Å². The summed E-state index contributed by atoms with van der Waals surface area (Å²) < 4.78 is 5.49. The molecule has 2 heteroatoms. The summed E-state index contributed by atoms with van der Waals surface area (Å²) in [6, 6.07) is 0. The fourth-order valence-corrected chi connectivity index (χ4v) is 1.71. The maximum Gasteiger partial charge on any atom is 0.128 e. The highest BCUT2D eigenvalue weighted by molar-refractivity contribution is 5.59. The Morgan fingerprint density at radius 1 is 1.55 bits per heavy atom. The Labute approximate surface area is 67.9 Å². The van der Waals surface area contributed by atoms with Crippen molar-refractivity contribution in [2.24, 2.45) is 11.3 Å². The number of carbonyl (C=O) groups excluding carboxylic acids is 1. The van der Waals surface area contributed by atoms with E-state index in [9.17, 15) is 4.79 Å². The third-order valence-corrected chi connectivity index (χ3v) is 2.42. The summed E-state index contributed by atoms with van der Waals surface area (Å²) in [5.41, 5.74) is -0.310. The van der Waals surface area contributed by atoms with Crippen LogP contribution in [-0.4, -0.2) is 19.0 Å². The van der Waals surface area contributed by atoms with Crippen LogP contribution in [0.25, 0.3) is 0 Å². The van der Waals surface area contributed by atoms with E-state index >= 15 is 0 Å². The van der Waals surface area contributed by atoms with E-state index in [-0.39, 0.29) is 11.5 Å². The number of hydrogen-bond donors (Lipinski definition) is 0. The molecule has 2 unspecified atom stereocenters. The number of carbonyl (C=O) groups is 1. The Bertz CT molecular complexity index is 152. The van der Waals surface area contributed by atoms with Gasteiger partial charge in [0.05, 0.1) is 6.10 Å². The zero-order valence-corrected chi connectivity index (χ0v) is 7.46. The zero-order valence-electron chi connectivity index (χ0n) is 7.46. The van der Waals surface area contributed by atoms with Crippen molar-refractivity contribution < 1.29 is 9.53 Å². The molecule has 1 saturated heterocycles. The summed E-state index contributed by atoms with van der Waals surface area (Å²) in [7, 11) is 0. The number of rotatable bonds is 2. The van der Waals surface area contributed by atoms with E-state index in [1.807, 2.05) is 13.8 Å². The molecule has 1 aliphatic heterocycles. The van der Waals surface area contributed by atoms with Gasteiger partial charge in [-0.1, -0.05) is 20.8 Å². The molecule has 0 aromatic carbocycles. The van der Waals surface area contributed by atoms with Crippen molar-refractivity contribution in [3.63, 3.8) is 0 Å². The first-order valence-electron chi connectivity index (χ1n) is 4.16. The minimum atomic E-state index is -0.310. The van der Waals surface area contributed by atoms with E-state index in [4.69, 9.17) is 4.74 Å². The van der Waals surface area contributed by atoms with Crippen molar-refractivity contribution in [2.75, 3.05) is 6.61 Å². The van der Waals surface area contributed by atoms with Crippen LogP contribution in [0.1, 0.15) is 27.2 Å². The smallest absolute Gasteiger partial charge is 0.128 e. The van der Waals surface area contributed by atoms with Crippen LogP contribution in [0.5, 0.6) is 0 Å². The topological polar surface area (TPSA) is 26.3 Å². The lowest BCUT2D eigenvalue weighted by Crippen LogP contribution is -2.34. The van der Waals surface area contributed by atoms with Gasteiger partial charge in [-0.15, -0.1) is 0 Å². The predicted molar refractivity (Wildman–Crippen MR) is 43.4 cm³/mol. The zero-order chi connectivity index (χ0) is 8.48. The van der Waals surface area contributed by atoms with Gasteiger partial charge in [0.15, 0.2) is 0 Å². The summed E-state index contributed by atoms with van der Waals surface area (Å²) in [4.78, 5) is 10.7. The van der Waals surface area contributed by atoms with Crippen molar-refractivity contribution in [3.05, 3.63) is 0 Å². The first kappa shape index (κ1) is 8.72. The van der Waals surface area contributed by atoms with E-state index in [1.165, 1.54) is 0 Å². The molecule has 2 atom stereocenters. The lowest BCUT2D eigenvalue weighted by Gasteiger charge is -2.27. The molecule has 1 rings (SSSR count). The average molecular weight is 156 g/mol. The van der Waals surface area contributed by atoms with E-state index < -0.39 is 0 Å². The molecule has 2 nitrogen and oxygen atoms in total. The maximum absolute atomic E-state index is 10.7. The fraction of sp³-hybridized carbons (Fsp3) is 0.889. The van der Waals surface area contributed by atoms with Gasteiger partial charge in [-0.05, 0) is 12.3 Å². The van der Waals surface area contributed by atoms with Crippen LogP contribution in [0.15, 0.2) is 0 Å². The average Bonchev–Trinajstić information content (AvgIpc) is 2.36. The Morgan fingerprint density at radius 3 is 2.55 bits per heavy atom. The normalized spacial score (nSPS) is 32.3. The van der Waals surface area contributed by atoms with Gasteiger partial charge < -0.3 is 9.53 Å². The quantitative estimate of drug-likeness (QED) is 0.568. The molecule has 0 N–H and O–H groups in total. The second-order valence-electron chi connectivity index (χ2n) is 4.00. The third kappa shape index (κ3) is 1.62. The molecule has 64 valence electrons. The highest BCUT2D eigenvalue weighted by Gasteiger charge is 2.37. The first-order valence-corrected chi connectivity index (χ1v) is 4.16. The van der Waals surface area contributed by atoms with Crippen LogP contribution >= 0.6 is 0 Å². The number of ether oxygens (including phenoxy) is 1. The SMILES string of the molecule is CC1CCOC1C(C)(C)C=O. The van der Waals surface area contributed by atoms with E-state index in [2.05, 4.69) is 6.92 Å². The molecule has 0 amide bonds. The van der Waals surface area contributed by atoms with Gasteiger partial charge in [0, 0.05) is 12.0 Å². The van der Waals surface area contributed by atoms with Crippen molar-refractivity contribution in [1.82, 2.24) is 0 Å². The molecular weight excluding hydrogens is 140 g/mol. The van der Waals surface area contributed by atoms with Crippen LogP contribution in [0.4, 0.5) is 0 Å². The van der Waals surface area contributed by atoms with Crippen molar-refractivity contribution in [3.8, 4) is 0 Å². The summed E-state index contributed by atoms with van der Waals surface area (Å²) in [5, 5.41) is 0. The van der Waals surface area contributed by atoms with Gasteiger partial charge in [0.1, 0.15) is 6.29 Å². The van der Waals surface area contributed by atoms with Crippen LogP contribution in [0, 0.1) is 11.3 Å². The molecule has 0 aromatic rings. The molecule has 11 heavy (non-hydrogen) atoms. The number of hydrogen-bond acceptors (Lipinski definition) is 2. The Morgan fingerprint density at radius 2 is 2.18 bits per heavy atom. The molecule has 1 fully saturated rings. The second-order valence-corrected chi connectivity index (χ2v) is 4.00. The lowest BCUT2D eigenvalue weighted by molar-refractivity contribution is -0.122. The molecule has 0 spiro atoms. The summed E-state index contributed by atoms with van der Waals surface area (Å²) in [5.74, 6) is 0.523. The lowest BCUT2D eigenvalue weighted by atomic mass is 9.82. The van der Waals surface area contributed by atoms with Gasteiger partial charge in [0.2, 0.25) is 0 Å². The predicted octanol–water partition coefficient (Wildman–Crippen LogP) is 1.64. The molecule has 1 heterocycles. The fourth-order valence-electron chi connectivity index (χ4n) is 1.71. The molecule has 0 aliphatic carbocycles. The maximum atomic E-state index is 10.7. The standard InChI is InChI=1S/C9H16O2/c1-7-4-5-11-8(7)9(2,3)6-10/h6-8H,4-5H2,1-3H3. The minimum Gasteiger partial charge on any atom is -0.377 e. The third-order valence-electron chi connectivity index (χ3n) is 2.42. The summed E-state index contributed by atoms with van der Waals surface area (Å²) in [6.45, 7) is 6.82. The monoisotopic (exact) mass is 156 g/mol. The second kappa shape index (κ2) is 2.94. The molecule has 0 aromatic heterocycles. The summed E-state index contributed by atoms with van der Waals surface area (Å²) >= 11 is 0. The Balaban J connectivity index is 2.65. The molecule has 0 radical (unpaired) electrons. The van der Waals surface area contributed by atoms with Crippen molar-refractivity contribution >= 4 is 6.29 Å². The number of aldehydes is 1. The van der Waals surface area contributed by atoms with Gasteiger partial charge in [-0.2, -0.15) is 0 Å². The molecular formula is C9H16O2. The van der Waals surface area contributed by atoms with Gasteiger partial charge >= 0.3 is 0 Å². The molecule has 0 saturated carbocycles. The molecule has 1 aliphatic rings. The van der Waals surface area contributed by atoms with E-state index in [0.29, 0.717) is 5.92 Å². The Kier molecular flexibility index (Phi) is 2.33. The van der Waals surface area contributed by atoms with Crippen LogP contribution in [0.2, 0.25) is 0 Å². The van der Waals surface area contributed by atoms with E-state index in [1.54, 1.807) is 0 Å². The first-order chi connectivity index (χ1) is 5.08. The minimum absolute atomic E-state index is 0.125. The van der Waals surface area contributed by atoms with Crippen LogP contribution < -0.4 is 0 Å². The van der Waals surface area contributed by atoms with Crippen molar-refractivity contribution in [1.29, 1.82) is 0 Å². The largest absolute Gasteiger partial charge is 0.377 e.